The Morgan fingerprint density at radius 2 is 1.65 bits per heavy atom. The zero-order valence-corrected chi connectivity index (χ0v) is 22.1. The normalized spacial score (nSPS) is 15.9. The Balaban J connectivity index is 1.74. The van der Waals surface area contributed by atoms with Gasteiger partial charge in [0.2, 0.25) is 11.8 Å². The molecule has 1 aromatic carbocycles. The fourth-order valence-electron chi connectivity index (χ4n) is 4.60. The molecule has 1 aliphatic carbocycles. The summed E-state index contributed by atoms with van der Waals surface area (Å²) in [6, 6.07) is 9.92. The van der Waals surface area contributed by atoms with Crippen molar-refractivity contribution in [1.82, 2.24) is 15.2 Å². The molecule has 0 bridgehead atoms. The van der Waals surface area contributed by atoms with Crippen molar-refractivity contribution < 1.29 is 19.1 Å². The van der Waals surface area contributed by atoms with Crippen LogP contribution in [0, 0.1) is 0 Å². The van der Waals surface area contributed by atoms with Gasteiger partial charge in [-0.05, 0) is 63.3 Å². The number of nitrogens with zero attached hydrogens (tertiary/aromatic N) is 1. The number of hydrogen-bond acceptors (Lipinski definition) is 5. The molecule has 1 saturated carbocycles. The van der Waals surface area contributed by atoms with Gasteiger partial charge in [0.1, 0.15) is 17.2 Å². The third-order valence-corrected chi connectivity index (χ3v) is 6.58. The van der Waals surface area contributed by atoms with Crippen LogP contribution in [0.1, 0.15) is 65.4 Å². The van der Waals surface area contributed by atoms with Gasteiger partial charge in [-0.25, -0.2) is 4.79 Å². The molecule has 4 N–H and O–H groups in total. The minimum absolute atomic E-state index is 0.0557. The average molecular weight is 511 g/mol. The standard InChI is InChI=1S/C28H38N4O5/c1-5-32-18-21(13-14-23(32)33)20-11-9-19(10-12-20)17-22(24(29)34)30-25(35)28(15-7-6-8-16-28)31-26(36)37-27(2,3)4/h9-14,18,22H,5-8,15-17H2,1-4H3,(H2,29,34)(H,30,35)(H,31,36)/t22-/m0/s1. The summed E-state index contributed by atoms with van der Waals surface area (Å²) in [5.74, 6) is -1.09. The molecule has 3 rings (SSSR count). The maximum atomic E-state index is 13.4. The number of aromatic nitrogens is 1. The van der Waals surface area contributed by atoms with Crippen molar-refractivity contribution in [2.75, 3.05) is 0 Å². The molecule has 37 heavy (non-hydrogen) atoms. The summed E-state index contributed by atoms with van der Waals surface area (Å²) in [7, 11) is 0. The number of alkyl carbamates (subject to hydrolysis) is 1. The van der Waals surface area contributed by atoms with Crippen LogP contribution in [0.15, 0.2) is 47.4 Å². The number of rotatable bonds is 8. The van der Waals surface area contributed by atoms with Gasteiger partial charge in [-0.1, -0.05) is 43.5 Å². The average Bonchev–Trinajstić information content (AvgIpc) is 2.83. The van der Waals surface area contributed by atoms with Crippen molar-refractivity contribution in [3.05, 3.63) is 58.5 Å². The zero-order valence-electron chi connectivity index (χ0n) is 22.1. The maximum Gasteiger partial charge on any atom is 0.408 e. The number of carbonyl (C=O) groups is 3. The van der Waals surface area contributed by atoms with E-state index in [0.717, 1.165) is 36.0 Å². The van der Waals surface area contributed by atoms with Crippen LogP contribution in [0.2, 0.25) is 0 Å². The minimum atomic E-state index is -1.15. The van der Waals surface area contributed by atoms with E-state index < -0.39 is 35.1 Å². The first kappa shape index (κ1) is 28.0. The lowest BCUT2D eigenvalue weighted by atomic mass is 9.80. The number of carbonyl (C=O) groups excluding carboxylic acids is 3. The van der Waals surface area contributed by atoms with Gasteiger partial charge < -0.3 is 25.7 Å². The number of nitrogens with two attached hydrogens (primary N) is 1. The lowest BCUT2D eigenvalue weighted by Crippen LogP contribution is -2.63. The topological polar surface area (TPSA) is 133 Å². The van der Waals surface area contributed by atoms with E-state index in [-0.39, 0.29) is 12.0 Å². The molecule has 0 saturated heterocycles. The third kappa shape index (κ3) is 7.44. The number of benzene rings is 1. The monoisotopic (exact) mass is 510 g/mol. The van der Waals surface area contributed by atoms with Crippen LogP contribution in [0.3, 0.4) is 0 Å². The first-order valence-electron chi connectivity index (χ1n) is 12.8. The molecule has 1 fully saturated rings. The smallest absolute Gasteiger partial charge is 0.408 e. The predicted octanol–water partition coefficient (Wildman–Crippen LogP) is 3.28. The second-order valence-electron chi connectivity index (χ2n) is 10.6. The second kappa shape index (κ2) is 11.6. The first-order chi connectivity index (χ1) is 17.4. The van der Waals surface area contributed by atoms with E-state index >= 15 is 0 Å². The van der Waals surface area contributed by atoms with Crippen LogP contribution >= 0.6 is 0 Å². The van der Waals surface area contributed by atoms with Crippen molar-refractivity contribution in [1.29, 1.82) is 0 Å². The van der Waals surface area contributed by atoms with Crippen LogP contribution in [0.25, 0.3) is 11.1 Å². The third-order valence-electron chi connectivity index (χ3n) is 6.58. The highest BCUT2D eigenvalue weighted by atomic mass is 16.6. The summed E-state index contributed by atoms with van der Waals surface area (Å²) < 4.78 is 7.03. The lowest BCUT2D eigenvalue weighted by molar-refractivity contribution is -0.133. The molecular formula is C28H38N4O5. The molecule has 0 radical (unpaired) electrons. The Morgan fingerprint density at radius 3 is 2.22 bits per heavy atom. The van der Waals surface area contributed by atoms with Gasteiger partial charge in [0.25, 0.3) is 5.56 Å². The van der Waals surface area contributed by atoms with Crippen LogP contribution in [-0.2, 0) is 27.3 Å². The van der Waals surface area contributed by atoms with Crippen molar-refractivity contribution >= 4 is 17.9 Å². The van der Waals surface area contributed by atoms with Gasteiger partial charge in [0, 0.05) is 25.2 Å². The zero-order chi connectivity index (χ0) is 27.2. The Bertz CT molecular complexity index is 1170. The van der Waals surface area contributed by atoms with Crippen LogP contribution in [0.5, 0.6) is 0 Å². The Hall–Kier alpha value is -3.62. The highest BCUT2D eigenvalue weighted by Crippen LogP contribution is 2.29. The summed E-state index contributed by atoms with van der Waals surface area (Å²) in [6.07, 6.45) is 4.78. The van der Waals surface area contributed by atoms with Crippen LogP contribution in [-0.4, -0.2) is 39.7 Å². The minimum Gasteiger partial charge on any atom is -0.444 e. The number of pyridine rings is 1. The van der Waals surface area contributed by atoms with Gasteiger partial charge in [0.15, 0.2) is 0 Å². The van der Waals surface area contributed by atoms with Gasteiger partial charge in [-0.2, -0.15) is 0 Å². The predicted molar refractivity (Wildman–Crippen MR) is 142 cm³/mol. The van der Waals surface area contributed by atoms with E-state index in [9.17, 15) is 19.2 Å². The summed E-state index contributed by atoms with van der Waals surface area (Å²) in [4.78, 5) is 50.1. The van der Waals surface area contributed by atoms with E-state index in [1.807, 2.05) is 37.4 Å². The van der Waals surface area contributed by atoms with Gasteiger partial charge in [-0.3, -0.25) is 14.4 Å². The molecule has 1 aliphatic rings. The van der Waals surface area contributed by atoms with E-state index in [1.165, 1.54) is 6.07 Å². The molecule has 0 unspecified atom stereocenters. The molecule has 9 nitrogen and oxygen atoms in total. The first-order valence-corrected chi connectivity index (χ1v) is 12.8. The molecule has 9 heteroatoms. The highest BCUT2D eigenvalue weighted by molar-refractivity contribution is 5.94. The van der Waals surface area contributed by atoms with E-state index in [4.69, 9.17) is 10.5 Å². The summed E-state index contributed by atoms with van der Waals surface area (Å²) >= 11 is 0. The van der Waals surface area contributed by atoms with Crippen molar-refractivity contribution in [2.45, 2.75) is 89.9 Å². The van der Waals surface area contributed by atoms with Crippen molar-refractivity contribution in [2.24, 2.45) is 5.73 Å². The second-order valence-corrected chi connectivity index (χ2v) is 10.6. The summed E-state index contributed by atoms with van der Waals surface area (Å²) in [5.41, 5.74) is 6.39. The molecule has 3 amide bonds. The number of hydrogen-bond donors (Lipinski definition) is 3. The number of nitrogens with one attached hydrogen (secondary N) is 2. The van der Waals surface area contributed by atoms with Gasteiger partial charge in [-0.15, -0.1) is 0 Å². The summed E-state index contributed by atoms with van der Waals surface area (Å²) in [6.45, 7) is 7.76. The quantitative estimate of drug-likeness (QED) is 0.501. The van der Waals surface area contributed by atoms with Gasteiger partial charge in [0.05, 0.1) is 0 Å². The molecule has 2 aromatic rings. The van der Waals surface area contributed by atoms with E-state index in [1.54, 1.807) is 31.4 Å². The highest BCUT2D eigenvalue weighted by Gasteiger charge is 2.43. The molecule has 1 aromatic heterocycles. The molecule has 1 atom stereocenters. The Labute approximate surface area is 217 Å². The number of aryl methyl sites for hydroxylation is 1. The van der Waals surface area contributed by atoms with Crippen LogP contribution < -0.4 is 21.9 Å². The Kier molecular flexibility index (Phi) is 8.78. The van der Waals surface area contributed by atoms with E-state index in [0.29, 0.717) is 19.4 Å². The molecule has 200 valence electrons. The molecule has 0 aliphatic heterocycles. The Morgan fingerprint density at radius 1 is 1.03 bits per heavy atom. The van der Waals surface area contributed by atoms with E-state index in [2.05, 4.69) is 10.6 Å². The molecule has 0 spiro atoms. The maximum absolute atomic E-state index is 13.4. The van der Waals surface area contributed by atoms with Crippen LogP contribution in [0.4, 0.5) is 4.79 Å². The van der Waals surface area contributed by atoms with Crippen molar-refractivity contribution in [3.8, 4) is 11.1 Å². The SMILES string of the molecule is CCn1cc(-c2ccc(C[C@H](NC(=O)C3(NC(=O)OC(C)(C)C)CCCCC3)C(N)=O)cc2)ccc1=O. The summed E-state index contributed by atoms with van der Waals surface area (Å²) in [5, 5.41) is 5.58. The fourth-order valence-corrected chi connectivity index (χ4v) is 4.60. The fraction of sp³-hybridized carbons (Fsp3) is 0.500. The number of ether oxygens (including phenoxy) is 1. The van der Waals surface area contributed by atoms with Gasteiger partial charge >= 0.3 is 6.09 Å². The molecular weight excluding hydrogens is 472 g/mol. The largest absolute Gasteiger partial charge is 0.444 e. The number of primary amides is 1. The lowest BCUT2D eigenvalue weighted by Gasteiger charge is -2.37. The number of amides is 3. The van der Waals surface area contributed by atoms with Crippen molar-refractivity contribution in [3.63, 3.8) is 0 Å². The molecule has 1 heterocycles.